The normalized spacial score (nSPS) is 14.3. The summed E-state index contributed by atoms with van der Waals surface area (Å²) in [6.45, 7) is 1.36. The molecule has 4 heteroatoms. The molecule has 0 saturated heterocycles. The fourth-order valence-corrected chi connectivity index (χ4v) is 2.71. The number of nitrogens with one attached hydrogen (secondary N) is 1. The predicted molar refractivity (Wildman–Crippen MR) is 90.2 cm³/mol. The monoisotopic (exact) mass is 306 g/mol. The molecule has 1 saturated carbocycles. The molecular weight excluding hydrogens is 288 g/mol. The maximum Gasteiger partial charge on any atom is 0.259 e. The van der Waals surface area contributed by atoms with Crippen LogP contribution in [-0.4, -0.2) is 16.6 Å². The molecule has 1 N–H and O–H groups in total. The average molecular weight is 306 g/mol. The van der Waals surface area contributed by atoms with Crippen LogP contribution in [0.3, 0.4) is 0 Å². The zero-order valence-electron chi connectivity index (χ0n) is 12.8. The molecule has 1 aliphatic carbocycles. The van der Waals surface area contributed by atoms with E-state index in [9.17, 15) is 4.79 Å². The van der Waals surface area contributed by atoms with Crippen molar-refractivity contribution in [1.82, 2.24) is 9.97 Å². The largest absolute Gasteiger partial charge is 0.376 e. The fraction of sp³-hybridized carbons (Fsp3) is 0.263. The van der Waals surface area contributed by atoms with E-state index in [-0.39, 0.29) is 5.56 Å². The number of aromatic amines is 1. The lowest BCUT2D eigenvalue weighted by Crippen LogP contribution is -2.10. The summed E-state index contributed by atoms with van der Waals surface area (Å²) < 4.78 is 5.80. The maximum absolute atomic E-state index is 12.3. The average Bonchev–Trinajstić information content (AvgIpc) is 3.40. The highest BCUT2D eigenvalue weighted by Gasteiger charge is 2.21. The molecule has 0 atom stereocenters. The number of benzene rings is 2. The van der Waals surface area contributed by atoms with Crippen molar-refractivity contribution in [3.05, 3.63) is 64.4 Å². The van der Waals surface area contributed by atoms with Crippen LogP contribution >= 0.6 is 0 Å². The van der Waals surface area contributed by atoms with Gasteiger partial charge in [0.1, 0.15) is 5.82 Å². The summed E-state index contributed by atoms with van der Waals surface area (Å²) in [6, 6.07) is 15.3. The molecule has 23 heavy (non-hydrogen) atoms. The zero-order valence-corrected chi connectivity index (χ0v) is 12.8. The first kappa shape index (κ1) is 14.2. The van der Waals surface area contributed by atoms with Gasteiger partial charge in [-0.05, 0) is 36.5 Å². The van der Waals surface area contributed by atoms with E-state index in [1.165, 1.54) is 12.8 Å². The van der Waals surface area contributed by atoms with E-state index in [0.717, 1.165) is 23.7 Å². The lowest BCUT2D eigenvalue weighted by Gasteiger charge is -2.10. The number of hydrogen-bond donors (Lipinski definition) is 1. The second kappa shape index (κ2) is 5.97. The smallest absolute Gasteiger partial charge is 0.259 e. The first-order valence-corrected chi connectivity index (χ1v) is 7.96. The Balaban J connectivity index is 1.70. The highest BCUT2D eigenvalue weighted by molar-refractivity contribution is 5.79. The molecule has 1 fully saturated rings. The van der Waals surface area contributed by atoms with Gasteiger partial charge in [-0.1, -0.05) is 36.4 Å². The second-order valence-corrected chi connectivity index (χ2v) is 6.05. The van der Waals surface area contributed by atoms with Gasteiger partial charge in [0, 0.05) is 12.2 Å². The molecule has 0 spiro atoms. The van der Waals surface area contributed by atoms with E-state index in [1.54, 1.807) is 6.07 Å². The van der Waals surface area contributed by atoms with Gasteiger partial charge in [0.05, 0.1) is 17.5 Å². The molecule has 0 aliphatic heterocycles. The van der Waals surface area contributed by atoms with Crippen molar-refractivity contribution in [2.75, 3.05) is 6.61 Å². The number of nitrogens with zero attached hydrogens (tertiary/aromatic N) is 1. The lowest BCUT2D eigenvalue weighted by atomic mass is 10.1. The first-order valence-electron chi connectivity index (χ1n) is 7.96. The SMILES string of the molecule is O=c1[nH]c(-c2ccccc2COCC2CC2)nc2ccccc12. The van der Waals surface area contributed by atoms with Crippen molar-refractivity contribution in [2.24, 2.45) is 5.92 Å². The van der Waals surface area contributed by atoms with Gasteiger partial charge in [-0.3, -0.25) is 4.79 Å². The molecule has 1 aliphatic rings. The number of rotatable bonds is 5. The molecule has 1 aromatic heterocycles. The van der Waals surface area contributed by atoms with E-state index in [1.807, 2.05) is 42.5 Å². The van der Waals surface area contributed by atoms with Gasteiger partial charge < -0.3 is 9.72 Å². The zero-order chi connectivity index (χ0) is 15.6. The summed E-state index contributed by atoms with van der Waals surface area (Å²) in [5.74, 6) is 1.33. The van der Waals surface area contributed by atoms with E-state index in [2.05, 4.69) is 9.97 Å². The molecule has 0 radical (unpaired) electrons. The molecule has 0 bridgehead atoms. The summed E-state index contributed by atoms with van der Waals surface area (Å²) in [7, 11) is 0. The molecule has 4 nitrogen and oxygen atoms in total. The standard InChI is InChI=1S/C19H18N2O2/c22-19-16-7-3-4-8-17(16)20-18(21-19)15-6-2-1-5-14(15)12-23-11-13-9-10-13/h1-8,13H,9-12H2,(H,20,21,22). The highest BCUT2D eigenvalue weighted by Crippen LogP contribution is 2.29. The summed E-state index contributed by atoms with van der Waals surface area (Å²) in [4.78, 5) is 19.8. The second-order valence-electron chi connectivity index (χ2n) is 6.05. The molecule has 1 heterocycles. The molecule has 2 aromatic carbocycles. The van der Waals surface area contributed by atoms with Gasteiger partial charge in [0.2, 0.25) is 0 Å². The van der Waals surface area contributed by atoms with Crippen LogP contribution in [0.15, 0.2) is 53.3 Å². The van der Waals surface area contributed by atoms with Crippen LogP contribution in [0.2, 0.25) is 0 Å². The van der Waals surface area contributed by atoms with Crippen molar-refractivity contribution in [1.29, 1.82) is 0 Å². The van der Waals surface area contributed by atoms with Gasteiger partial charge in [-0.25, -0.2) is 4.98 Å². The number of H-pyrrole nitrogens is 1. The summed E-state index contributed by atoms with van der Waals surface area (Å²) >= 11 is 0. The van der Waals surface area contributed by atoms with Crippen LogP contribution in [0.25, 0.3) is 22.3 Å². The van der Waals surface area contributed by atoms with Crippen LogP contribution in [0.5, 0.6) is 0 Å². The number of ether oxygens (including phenoxy) is 1. The minimum Gasteiger partial charge on any atom is -0.376 e. The summed E-state index contributed by atoms with van der Waals surface area (Å²) in [6.07, 6.45) is 2.56. The van der Waals surface area contributed by atoms with Crippen molar-refractivity contribution >= 4 is 10.9 Å². The lowest BCUT2D eigenvalue weighted by molar-refractivity contribution is 0.111. The van der Waals surface area contributed by atoms with Crippen molar-refractivity contribution in [2.45, 2.75) is 19.4 Å². The van der Waals surface area contributed by atoms with E-state index in [4.69, 9.17) is 4.74 Å². The van der Waals surface area contributed by atoms with Crippen molar-refractivity contribution in [3.63, 3.8) is 0 Å². The van der Waals surface area contributed by atoms with Gasteiger partial charge in [0.25, 0.3) is 5.56 Å². The van der Waals surface area contributed by atoms with Crippen molar-refractivity contribution in [3.8, 4) is 11.4 Å². The molecule has 0 amide bonds. The highest BCUT2D eigenvalue weighted by atomic mass is 16.5. The Morgan fingerprint density at radius 3 is 2.74 bits per heavy atom. The number of aromatic nitrogens is 2. The Hall–Kier alpha value is -2.46. The van der Waals surface area contributed by atoms with Crippen LogP contribution in [0.1, 0.15) is 18.4 Å². The predicted octanol–water partition coefficient (Wildman–Crippen LogP) is 3.52. The Morgan fingerprint density at radius 2 is 1.87 bits per heavy atom. The van der Waals surface area contributed by atoms with Gasteiger partial charge >= 0.3 is 0 Å². The van der Waals surface area contributed by atoms with Gasteiger partial charge in [0.15, 0.2) is 0 Å². The van der Waals surface area contributed by atoms with Crippen molar-refractivity contribution < 1.29 is 4.74 Å². The molecular formula is C19H18N2O2. The van der Waals surface area contributed by atoms with E-state index in [0.29, 0.717) is 23.3 Å². The third-order valence-corrected chi connectivity index (χ3v) is 4.19. The molecule has 116 valence electrons. The third kappa shape index (κ3) is 3.03. The third-order valence-electron chi connectivity index (χ3n) is 4.19. The van der Waals surface area contributed by atoms with Crippen LogP contribution in [0, 0.1) is 5.92 Å². The molecule has 0 unspecified atom stereocenters. The Morgan fingerprint density at radius 1 is 1.09 bits per heavy atom. The number of fused-ring (bicyclic) bond motifs is 1. The summed E-state index contributed by atoms with van der Waals surface area (Å²) in [5.41, 5.74) is 2.57. The minimum atomic E-state index is -0.112. The van der Waals surface area contributed by atoms with Crippen LogP contribution < -0.4 is 5.56 Å². The Kier molecular flexibility index (Phi) is 3.67. The minimum absolute atomic E-state index is 0.112. The molecule has 4 rings (SSSR count). The first-order chi connectivity index (χ1) is 11.3. The topological polar surface area (TPSA) is 55.0 Å². The van der Waals surface area contributed by atoms with Gasteiger partial charge in [-0.2, -0.15) is 0 Å². The quantitative estimate of drug-likeness (QED) is 0.784. The van der Waals surface area contributed by atoms with Crippen LogP contribution in [-0.2, 0) is 11.3 Å². The molecule has 3 aromatic rings. The van der Waals surface area contributed by atoms with E-state index >= 15 is 0 Å². The van der Waals surface area contributed by atoms with Gasteiger partial charge in [-0.15, -0.1) is 0 Å². The fourth-order valence-electron chi connectivity index (χ4n) is 2.71. The maximum atomic E-state index is 12.3. The van der Waals surface area contributed by atoms with Crippen LogP contribution in [0.4, 0.5) is 0 Å². The number of hydrogen-bond acceptors (Lipinski definition) is 3. The Labute approximate surface area is 134 Å². The summed E-state index contributed by atoms with van der Waals surface area (Å²) in [5, 5.41) is 0.610. The van der Waals surface area contributed by atoms with E-state index < -0.39 is 0 Å². The number of para-hydroxylation sites is 1. The Bertz CT molecular complexity index is 897.